The number of Topliss-reactive ketones (excluding diaryl/α,β-unsaturated/α-hetero) is 1. The predicted molar refractivity (Wildman–Crippen MR) is 131 cm³/mol. The number of carbonyl (C=O) groups excluding carboxylic acids is 2. The fourth-order valence-corrected chi connectivity index (χ4v) is 5.17. The third-order valence-corrected chi connectivity index (χ3v) is 7.25. The van der Waals surface area contributed by atoms with Gasteiger partial charge in [-0.1, -0.05) is 65.9 Å². The number of thioether (sulfide) groups is 1. The summed E-state index contributed by atoms with van der Waals surface area (Å²) in [5.74, 6) is 1.42. The van der Waals surface area contributed by atoms with Gasteiger partial charge < -0.3 is 9.47 Å². The molecular weight excluding hydrogens is 432 g/mol. The highest BCUT2D eigenvalue weighted by Gasteiger charge is 2.28. The molecule has 1 fully saturated rings. The Morgan fingerprint density at radius 3 is 2.36 bits per heavy atom. The summed E-state index contributed by atoms with van der Waals surface area (Å²) in [6, 6.07) is 15.9. The SMILES string of the molecule is CCn1c(SCC(=O)N2CCC(C(=O)c3ccc(C)cc3)CC2)nnc1-c1ccccc1C. The lowest BCUT2D eigenvalue weighted by Gasteiger charge is -2.31. The zero-order chi connectivity index (χ0) is 23.4. The van der Waals surface area contributed by atoms with Gasteiger partial charge in [0.25, 0.3) is 0 Å². The first-order valence-electron chi connectivity index (χ1n) is 11.5. The van der Waals surface area contributed by atoms with E-state index in [4.69, 9.17) is 0 Å². The third kappa shape index (κ3) is 5.19. The van der Waals surface area contributed by atoms with E-state index in [2.05, 4.69) is 34.7 Å². The van der Waals surface area contributed by atoms with Gasteiger partial charge in [0.2, 0.25) is 5.91 Å². The van der Waals surface area contributed by atoms with Crippen LogP contribution >= 0.6 is 11.8 Å². The Morgan fingerprint density at radius 1 is 1.00 bits per heavy atom. The van der Waals surface area contributed by atoms with Crippen molar-refractivity contribution in [3.63, 3.8) is 0 Å². The molecule has 1 aromatic heterocycles. The molecule has 0 bridgehead atoms. The second kappa shape index (κ2) is 10.3. The minimum absolute atomic E-state index is 0.00994. The van der Waals surface area contributed by atoms with Gasteiger partial charge in [-0.2, -0.15) is 0 Å². The topological polar surface area (TPSA) is 68.1 Å². The molecule has 0 spiro atoms. The minimum Gasteiger partial charge on any atom is -0.342 e. The van der Waals surface area contributed by atoms with E-state index >= 15 is 0 Å². The van der Waals surface area contributed by atoms with Gasteiger partial charge in [-0.3, -0.25) is 9.59 Å². The summed E-state index contributed by atoms with van der Waals surface area (Å²) < 4.78 is 2.06. The first-order valence-corrected chi connectivity index (χ1v) is 12.5. The number of hydrogen-bond acceptors (Lipinski definition) is 5. The molecule has 7 heteroatoms. The summed E-state index contributed by atoms with van der Waals surface area (Å²) >= 11 is 1.43. The van der Waals surface area contributed by atoms with Crippen LogP contribution in [-0.2, 0) is 11.3 Å². The summed E-state index contributed by atoms with van der Waals surface area (Å²) in [5, 5.41) is 9.52. The van der Waals surface area contributed by atoms with Crippen LogP contribution in [-0.4, -0.2) is 50.2 Å². The Kier molecular flexibility index (Phi) is 7.28. The van der Waals surface area contributed by atoms with Crippen molar-refractivity contribution in [2.45, 2.75) is 45.3 Å². The van der Waals surface area contributed by atoms with Gasteiger partial charge >= 0.3 is 0 Å². The molecule has 0 N–H and O–H groups in total. The highest BCUT2D eigenvalue weighted by atomic mass is 32.2. The van der Waals surface area contributed by atoms with Crippen molar-refractivity contribution in [3.05, 3.63) is 65.2 Å². The van der Waals surface area contributed by atoms with Crippen molar-refractivity contribution in [1.82, 2.24) is 19.7 Å². The number of aryl methyl sites for hydroxylation is 2. The quantitative estimate of drug-likeness (QED) is 0.373. The van der Waals surface area contributed by atoms with E-state index in [1.54, 1.807) is 0 Å². The molecule has 0 aliphatic carbocycles. The molecule has 4 rings (SSSR count). The van der Waals surface area contributed by atoms with Gasteiger partial charge in [-0.25, -0.2) is 0 Å². The maximum absolute atomic E-state index is 12.8. The molecule has 2 aromatic carbocycles. The van der Waals surface area contributed by atoms with E-state index in [1.807, 2.05) is 54.3 Å². The van der Waals surface area contributed by atoms with E-state index in [0.717, 1.165) is 39.8 Å². The lowest BCUT2D eigenvalue weighted by Crippen LogP contribution is -2.41. The fraction of sp³-hybridized carbons (Fsp3) is 0.385. The second-order valence-electron chi connectivity index (χ2n) is 8.54. The van der Waals surface area contributed by atoms with Gasteiger partial charge in [0.1, 0.15) is 0 Å². The smallest absolute Gasteiger partial charge is 0.233 e. The molecule has 0 atom stereocenters. The molecule has 6 nitrogen and oxygen atoms in total. The lowest BCUT2D eigenvalue weighted by molar-refractivity contribution is -0.129. The third-order valence-electron chi connectivity index (χ3n) is 6.30. The predicted octanol–water partition coefficient (Wildman–Crippen LogP) is 4.80. The summed E-state index contributed by atoms with van der Waals surface area (Å²) in [6.45, 7) is 8.12. The summed E-state index contributed by atoms with van der Waals surface area (Å²) in [5.41, 5.74) is 4.12. The van der Waals surface area contributed by atoms with Crippen LogP contribution in [0.15, 0.2) is 53.7 Å². The van der Waals surface area contributed by atoms with Crippen LogP contribution in [0.1, 0.15) is 41.3 Å². The molecular formula is C26H30N4O2S. The number of ketones is 1. The van der Waals surface area contributed by atoms with Crippen LogP contribution in [0.5, 0.6) is 0 Å². The number of hydrogen-bond donors (Lipinski definition) is 0. The van der Waals surface area contributed by atoms with E-state index in [-0.39, 0.29) is 17.6 Å². The van der Waals surface area contributed by atoms with Gasteiger partial charge in [-0.15, -0.1) is 10.2 Å². The Morgan fingerprint density at radius 2 is 1.70 bits per heavy atom. The summed E-state index contributed by atoms with van der Waals surface area (Å²) in [6.07, 6.45) is 1.43. The zero-order valence-corrected chi connectivity index (χ0v) is 20.3. The van der Waals surface area contributed by atoms with Gasteiger partial charge in [-0.05, 0) is 39.2 Å². The van der Waals surface area contributed by atoms with E-state index in [9.17, 15) is 9.59 Å². The number of likely N-dealkylation sites (tertiary alicyclic amines) is 1. The van der Waals surface area contributed by atoms with Crippen LogP contribution in [0.25, 0.3) is 11.4 Å². The molecule has 0 saturated carbocycles. The second-order valence-corrected chi connectivity index (χ2v) is 9.48. The number of rotatable bonds is 7. The van der Waals surface area contributed by atoms with Crippen LogP contribution in [0.2, 0.25) is 0 Å². The monoisotopic (exact) mass is 462 g/mol. The Balaban J connectivity index is 1.33. The Labute approximate surface area is 199 Å². The lowest BCUT2D eigenvalue weighted by atomic mass is 9.88. The molecule has 1 amide bonds. The maximum Gasteiger partial charge on any atom is 0.233 e. The Hall–Kier alpha value is -2.93. The molecule has 33 heavy (non-hydrogen) atoms. The Bertz CT molecular complexity index is 1130. The molecule has 172 valence electrons. The standard InChI is InChI=1S/C26H30N4O2S/c1-4-30-25(22-8-6-5-7-19(22)3)27-28-26(30)33-17-23(31)29-15-13-21(14-16-29)24(32)20-11-9-18(2)10-12-20/h5-12,21H,4,13-17H2,1-3H3. The highest BCUT2D eigenvalue weighted by Crippen LogP contribution is 2.27. The molecule has 3 aromatic rings. The van der Waals surface area contributed by atoms with Crippen LogP contribution < -0.4 is 0 Å². The summed E-state index contributed by atoms with van der Waals surface area (Å²) in [4.78, 5) is 27.5. The van der Waals surface area contributed by atoms with Crippen LogP contribution in [0.3, 0.4) is 0 Å². The molecule has 2 heterocycles. The van der Waals surface area contributed by atoms with E-state index in [0.29, 0.717) is 31.7 Å². The average molecular weight is 463 g/mol. The molecule has 1 saturated heterocycles. The normalized spacial score (nSPS) is 14.5. The number of nitrogens with zero attached hydrogens (tertiary/aromatic N) is 4. The number of amides is 1. The number of carbonyl (C=O) groups is 2. The first kappa shape index (κ1) is 23.2. The van der Waals surface area contributed by atoms with Crippen molar-refractivity contribution in [3.8, 4) is 11.4 Å². The van der Waals surface area contributed by atoms with Crippen LogP contribution in [0, 0.1) is 19.8 Å². The fourth-order valence-electron chi connectivity index (χ4n) is 4.27. The average Bonchev–Trinajstić information content (AvgIpc) is 3.25. The van der Waals surface area contributed by atoms with Gasteiger partial charge in [0.05, 0.1) is 5.75 Å². The van der Waals surface area contributed by atoms with E-state index < -0.39 is 0 Å². The van der Waals surface area contributed by atoms with Crippen molar-refractivity contribution in [2.75, 3.05) is 18.8 Å². The summed E-state index contributed by atoms with van der Waals surface area (Å²) in [7, 11) is 0. The zero-order valence-electron chi connectivity index (χ0n) is 19.5. The van der Waals surface area contributed by atoms with Crippen LogP contribution in [0.4, 0.5) is 0 Å². The van der Waals surface area contributed by atoms with Gasteiger partial charge in [0, 0.05) is 36.7 Å². The van der Waals surface area contributed by atoms with Crippen molar-refractivity contribution < 1.29 is 9.59 Å². The number of piperidine rings is 1. The van der Waals surface area contributed by atoms with E-state index in [1.165, 1.54) is 11.8 Å². The molecule has 0 radical (unpaired) electrons. The minimum atomic E-state index is -0.00994. The molecule has 0 unspecified atom stereocenters. The first-order chi connectivity index (χ1) is 16.0. The van der Waals surface area contributed by atoms with Gasteiger partial charge in [0.15, 0.2) is 16.8 Å². The molecule has 1 aliphatic rings. The number of aromatic nitrogens is 3. The van der Waals surface area contributed by atoms with Crippen molar-refractivity contribution in [1.29, 1.82) is 0 Å². The molecule has 1 aliphatic heterocycles. The largest absolute Gasteiger partial charge is 0.342 e. The highest BCUT2D eigenvalue weighted by molar-refractivity contribution is 7.99. The maximum atomic E-state index is 12.8. The van der Waals surface area contributed by atoms with Crippen molar-refractivity contribution in [2.24, 2.45) is 5.92 Å². The number of benzene rings is 2. The van der Waals surface area contributed by atoms with Crippen molar-refractivity contribution >= 4 is 23.5 Å².